The summed E-state index contributed by atoms with van der Waals surface area (Å²) < 4.78 is 5.18. The number of carbonyl (C=O) groups excluding carboxylic acids is 1. The second kappa shape index (κ2) is 11.7. The number of non-ortho nitro benzene ring substituents is 1. The molecule has 4 rings (SSSR count). The molecule has 2 saturated heterocycles. The fourth-order valence-corrected chi connectivity index (χ4v) is 5.03. The van der Waals surface area contributed by atoms with Gasteiger partial charge < -0.3 is 9.64 Å². The van der Waals surface area contributed by atoms with Crippen LogP contribution < -0.4 is 0 Å². The van der Waals surface area contributed by atoms with Gasteiger partial charge in [0.15, 0.2) is 0 Å². The van der Waals surface area contributed by atoms with Gasteiger partial charge >= 0.3 is 0 Å². The Bertz CT molecular complexity index is 1030. The van der Waals surface area contributed by atoms with Crippen LogP contribution in [0.25, 0.3) is 0 Å². The van der Waals surface area contributed by atoms with Crippen LogP contribution in [0.3, 0.4) is 0 Å². The third kappa shape index (κ3) is 6.42. The average Bonchev–Trinajstić information content (AvgIpc) is 2.88. The van der Waals surface area contributed by atoms with Gasteiger partial charge in [0, 0.05) is 70.1 Å². The average molecular weight is 482 g/mol. The third-order valence-electron chi connectivity index (χ3n) is 7.07. The van der Waals surface area contributed by atoms with Crippen LogP contribution in [0.4, 0.5) is 5.69 Å². The number of benzene rings is 1. The van der Waals surface area contributed by atoms with Crippen molar-refractivity contribution in [3.8, 4) is 0 Å². The number of nitro groups is 1. The zero-order chi connectivity index (χ0) is 24.8. The van der Waals surface area contributed by atoms with Gasteiger partial charge in [0.1, 0.15) is 0 Å². The molecule has 1 aromatic carbocycles. The lowest BCUT2D eigenvalue weighted by Crippen LogP contribution is -2.49. The van der Waals surface area contributed by atoms with Gasteiger partial charge in [-0.3, -0.25) is 29.7 Å². The Labute approximate surface area is 206 Å². The molecule has 2 aliphatic rings. The lowest BCUT2D eigenvalue weighted by molar-refractivity contribution is -0.384. The summed E-state index contributed by atoms with van der Waals surface area (Å²) in [6.45, 7) is 9.17. The normalized spacial score (nSPS) is 18.1. The minimum Gasteiger partial charge on any atom is -0.383 e. The van der Waals surface area contributed by atoms with Crippen molar-refractivity contribution in [1.82, 2.24) is 19.7 Å². The molecule has 35 heavy (non-hydrogen) atoms. The van der Waals surface area contributed by atoms with Crippen molar-refractivity contribution in [2.75, 3.05) is 59.5 Å². The maximum Gasteiger partial charge on any atom is 0.269 e. The van der Waals surface area contributed by atoms with E-state index in [0.29, 0.717) is 13.2 Å². The number of ether oxygens (including phenoxy) is 1. The summed E-state index contributed by atoms with van der Waals surface area (Å²) in [5, 5.41) is 11.1. The summed E-state index contributed by atoms with van der Waals surface area (Å²) in [5.41, 5.74) is 3.67. The summed E-state index contributed by atoms with van der Waals surface area (Å²) in [7, 11) is 1.71. The van der Waals surface area contributed by atoms with Crippen LogP contribution in [0.5, 0.6) is 0 Å². The Morgan fingerprint density at radius 2 is 1.83 bits per heavy atom. The monoisotopic (exact) mass is 481 g/mol. The van der Waals surface area contributed by atoms with E-state index in [1.807, 2.05) is 30.0 Å². The van der Waals surface area contributed by atoms with Gasteiger partial charge in [-0.05, 0) is 50.6 Å². The number of pyridine rings is 1. The molecule has 0 N–H and O–H groups in total. The summed E-state index contributed by atoms with van der Waals surface area (Å²) in [5.74, 6) is 0.316. The number of rotatable bonds is 8. The highest BCUT2D eigenvalue weighted by molar-refractivity contribution is 5.95. The van der Waals surface area contributed by atoms with E-state index in [2.05, 4.69) is 9.80 Å². The zero-order valence-electron chi connectivity index (χ0n) is 20.7. The Hall–Kier alpha value is -2.88. The van der Waals surface area contributed by atoms with Crippen molar-refractivity contribution in [3.63, 3.8) is 0 Å². The summed E-state index contributed by atoms with van der Waals surface area (Å²) in [4.78, 5) is 35.6. The molecule has 9 heteroatoms. The topological polar surface area (TPSA) is 92.1 Å². The first-order chi connectivity index (χ1) is 16.9. The first-order valence-electron chi connectivity index (χ1n) is 12.4. The van der Waals surface area contributed by atoms with Gasteiger partial charge in [-0.25, -0.2) is 0 Å². The van der Waals surface area contributed by atoms with Gasteiger partial charge in [-0.2, -0.15) is 0 Å². The fourth-order valence-electron chi connectivity index (χ4n) is 5.03. The molecule has 0 radical (unpaired) electrons. The molecule has 0 saturated carbocycles. The molecule has 1 amide bonds. The quantitative estimate of drug-likeness (QED) is 0.423. The minimum absolute atomic E-state index is 0.0814. The number of nitro benzene ring substituents is 1. The van der Waals surface area contributed by atoms with Crippen molar-refractivity contribution in [1.29, 1.82) is 0 Å². The Balaban J connectivity index is 1.38. The standard InChI is InChI=1S/C26H35N5O4/c1-20-6-7-24(26(32)30-14-12-28(13-15-30)16-17-35-2)25(27-20)22-8-10-29(11-9-22)19-21-4-3-5-23(18-21)31(33)34/h3-7,18,22H,8-17,19H2,1-2H3. The molecule has 0 spiro atoms. The smallest absolute Gasteiger partial charge is 0.269 e. The molecule has 9 nitrogen and oxygen atoms in total. The van der Waals surface area contributed by atoms with E-state index in [-0.39, 0.29) is 22.4 Å². The Morgan fingerprint density at radius 3 is 2.51 bits per heavy atom. The van der Waals surface area contributed by atoms with Crippen molar-refractivity contribution in [3.05, 3.63) is 69.0 Å². The molecule has 0 atom stereocenters. The molecule has 0 aliphatic carbocycles. The first-order valence-corrected chi connectivity index (χ1v) is 12.4. The van der Waals surface area contributed by atoms with E-state index < -0.39 is 0 Å². The molecule has 2 aromatic rings. The van der Waals surface area contributed by atoms with Crippen LogP contribution in [0.2, 0.25) is 0 Å². The van der Waals surface area contributed by atoms with E-state index in [9.17, 15) is 14.9 Å². The van der Waals surface area contributed by atoms with E-state index in [1.165, 1.54) is 6.07 Å². The lowest BCUT2D eigenvalue weighted by Gasteiger charge is -2.36. The van der Waals surface area contributed by atoms with Crippen molar-refractivity contribution in [2.45, 2.75) is 32.2 Å². The number of hydrogen-bond acceptors (Lipinski definition) is 7. The van der Waals surface area contributed by atoms with Crippen LogP contribution >= 0.6 is 0 Å². The predicted octanol–water partition coefficient (Wildman–Crippen LogP) is 3.08. The number of carbonyl (C=O) groups is 1. The van der Waals surface area contributed by atoms with E-state index in [0.717, 1.165) is 81.2 Å². The minimum atomic E-state index is -0.350. The van der Waals surface area contributed by atoms with Crippen molar-refractivity contribution >= 4 is 11.6 Å². The second-order valence-electron chi connectivity index (χ2n) is 9.49. The fraction of sp³-hybridized carbons (Fsp3) is 0.538. The van der Waals surface area contributed by atoms with E-state index in [4.69, 9.17) is 9.72 Å². The number of amides is 1. The molecule has 188 valence electrons. The van der Waals surface area contributed by atoms with Crippen molar-refractivity contribution < 1.29 is 14.5 Å². The number of piperazine rings is 1. The van der Waals surface area contributed by atoms with Crippen LogP contribution in [0.15, 0.2) is 36.4 Å². The third-order valence-corrected chi connectivity index (χ3v) is 7.07. The second-order valence-corrected chi connectivity index (χ2v) is 9.49. The zero-order valence-corrected chi connectivity index (χ0v) is 20.7. The molecule has 0 bridgehead atoms. The van der Waals surface area contributed by atoms with Crippen molar-refractivity contribution in [2.24, 2.45) is 0 Å². The van der Waals surface area contributed by atoms with E-state index in [1.54, 1.807) is 19.2 Å². The summed E-state index contributed by atoms with van der Waals surface area (Å²) >= 11 is 0. The first kappa shape index (κ1) is 25.2. The molecule has 2 aliphatic heterocycles. The maximum atomic E-state index is 13.5. The molecule has 2 fully saturated rings. The molecule has 3 heterocycles. The van der Waals surface area contributed by atoms with Gasteiger partial charge in [-0.1, -0.05) is 12.1 Å². The van der Waals surface area contributed by atoms with Crippen LogP contribution in [0.1, 0.15) is 46.1 Å². The number of hydrogen-bond donors (Lipinski definition) is 0. The highest BCUT2D eigenvalue weighted by atomic mass is 16.6. The number of piperidine rings is 1. The highest BCUT2D eigenvalue weighted by Crippen LogP contribution is 2.31. The molecule has 0 unspecified atom stereocenters. The summed E-state index contributed by atoms with van der Waals surface area (Å²) in [6, 6.07) is 10.7. The van der Waals surface area contributed by atoms with Gasteiger partial charge in [0.2, 0.25) is 0 Å². The number of likely N-dealkylation sites (tertiary alicyclic amines) is 1. The van der Waals surface area contributed by atoms with Gasteiger partial charge in [-0.15, -0.1) is 0 Å². The molecular formula is C26H35N5O4. The van der Waals surface area contributed by atoms with Gasteiger partial charge in [0.05, 0.1) is 22.8 Å². The lowest BCUT2D eigenvalue weighted by atomic mass is 9.89. The largest absolute Gasteiger partial charge is 0.383 e. The van der Waals surface area contributed by atoms with Crippen LogP contribution in [-0.4, -0.2) is 90.0 Å². The maximum absolute atomic E-state index is 13.5. The number of aryl methyl sites for hydroxylation is 1. The predicted molar refractivity (Wildman–Crippen MR) is 134 cm³/mol. The number of aromatic nitrogens is 1. The summed E-state index contributed by atoms with van der Waals surface area (Å²) in [6.07, 6.45) is 1.83. The Morgan fingerprint density at radius 1 is 1.09 bits per heavy atom. The van der Waals surface area contributed by atoms with Crippen LogP contribution in [-0.2, 0) is 11.3 Å². The highest BCUT2D eigenvalue weighted by Gasteiger charge is 2.29. The molecular weight excluding hydrogens is 446 g/mol. The Kier molecular flexibility index (Phi) is 8.43. The van der Waals surface area contributed by atoms with Gasteiger partial charge in [0.25, 0.3) is 11.6 Å². The van der Waals surface area contributed by atoms with E-state index >= 15 is 0 Å². The molecule has 1 aromatic heterocycles. The number of nitrogens with zero attached hydrogens (tertiary/aromatic N) is 5. The number of methoxy groups -OCH3 is 1. The van der Waals surface area contributed by atoms with Crippen LogP contribution in [0, 0.1) is 17.0 Å². The SMILES string of the molecule is COCCN1CCN(C(=O)c2ccc(C)nc2C2CCN(Cc3cccc([N+](=O)[O-])c3)CC2)CC1.